The summed E-state index contributed by atoms with van der Waals surface area (Å²) < 4.78 is 5.24. The minimum absolute atomic E-state index is 0.267. The summed E-state index contributed by atoms with van der Waals surface area (Å²) in [7, 11) is 1.63. The van der Waals surface area contributed by atoms with Gasteiger partial charge in [-0.3, -0.25) is 4.90 Å². The van der Waals surface area contributed by atoms with E-state index in [4.69, 9.17) is 33.7 Å². The number of nitrogens with two attached hydrogens (primary N) is 1. The Morgan fingerprint density at radius 1 is 1.12 bits per heavy atom. The van der Waals surface area contributed by atoms with Gasteiger partial charge >= 0.3 is 0 Å². The third kappa shape index (κ3) is 3.69. The van der Waals surface area contributed by atoms with Crippen LogP contribution in [0.2, 0.25) is 10.0 Å². The predicted molar refractivity (Wildman–Crippen MR) is 101 cm³/mol. The van der Waals surface area contributed by atoms with Crippen molar-refractivity contribution in [3.63, 3.8) is 0 Å². The van der Waals surface area contributed by atoms with E-state index in [9.17, 15) is 0 Å². The van der Waals surface area contributed by atoms with Gasteiger partial charge in [0, 0.05) is 34.0 Å². The molecule has 2 aromatic carbocycles. The molecule has 1 aromatic heterocycles. The summed E-state index contributed by atoms with van der Waals surface area (Å²) in [5.74, 6) is 1.43. The van der Waals surface area contributed by atoms with E-state index in [1.807, 2.05) is 35.2 Å². The molecule has 7 heteroatoms. The fourth-order valence-electron chi connectivity index (χ4n) is 2.53. The summed E-state index contributed by atoms with van der Waals surface area (Å²) in [6.07, 6.45) is 3.16. The Morgan fingerprint density at radius 2 is 1.88 bits per heavy atom. The molecule has 2 N–H and O–H groups in total. The van der Waals surface area contributed by atoms with Crippen LogP contribution in [0, 0.1) is 0 Å². The maximum Gasteiger partial charge on any atom is 0.140 e. The van der Waals surface area contributed by atoms with Gasteiger partial charge in [-0.2, -0.15) is 0 Å². The lowest BCUT2D eigenvalue weighted by atomic mass is 10.1. The molecule has 128 valence electrons. The molecule has 0 saturated heterocycles. The van der Waals surface area contributed by atoms with Gasteiger partial charge in [0.25, 0.3) is 0 Å². The van der Waals surface area contributed by atoms with Crippen molar-refractivity contribution in [1.29, 1.82) is 0 Å². The summed E-state index contributed by atoms with van der Waals surface area (Å²) in [5.41, 5.74) is 8.35. The van der Waals surface area contributed by atoms with Crippen molar-refractivity contribution < 1.29 is 4.74 Å². The van der Waals surface area contributed by atoms with E-state index >= 15 is 0 Å². The Morgan fingerprint density at radius 3 is 2.48 bits per heavy atom. The number of ether oxygens (including phenoxy) is 1. The van der Waals surface area contributed by atoms with Crippen LogP contribution in [0.4, 0.5) is 17.2 Å². The number of hydrogen-bond acceptors (Lipinski definition) is 5. The predicted octanol–water partition coefficient (Wildman–Crippen LogP) is 4.72. The molecule has 0 bridgehead atoms. The Hall–Kier alpha value is -2.34. The molecule has 3 rings (SSSR count). The molecule has 0 amide bonds. The van der Waals surface area contributed by atoms with Gasteiger partial charge in [-0.25, -0.2) is 9.97 Å². The zero-order valence-electron chi connectivity index (χ0n) is 13.5. The minimum Gasteiger partial charge on any atom is -0.497 e. The second kappa shape index (κ2) is 7.70. The molecule has 5 nitrogen and oxygen atoms in total. The number of anilines is 3. The minimum atomic E-state index is 0.267. The number of hydrogen-bond donors (Lipinski definition) is 1. The normalized spacial score (nSPS) is 10.6. The lowest BCUT2D eigenvalue weighted by Crippen LogP contribution is -2.15. The van der Waals surface area contributed by atoms with Gasteiger partial charge in [0.1, 0.15) is 17.9 Å². The number of halogens is 2. The largest absolute Gasteiger partial charge is 0.497 e. The second-order valence-electron chi connectivity index (χ2n) is 5.19. The molecule has 0 fully saturated rings. The van der Waals surface area contributed by atoms with Crippen LogP contribution in [0.1, 0.15) is 5.56 Å². The zero-order chi connectivity index (χ0) is 17.8. The van der Waals surface area contributed by atoms with Gasteiger partial charge in [-0.15, -0.1) is 0 Å². The van der Waals surface area contributed by atoms with Gasteiger partial charge < -0.3 is 10.5 Å². The van der Waals surface area contributed by atoms with Gasteiger partial charge in [0.15, 0.2) is 0 Å². The average Bonchev–Trinajstić information content (AvgIpc) is 2.63. The molecule has 25 heavy (non-hydrogen) atoms. The molecule has 3 aromatic rings. The maximum atomic E-state index is 6.36. The highest BCUT2D eigenvalue weighted by molar-refractivity contribution is 6.35. The quantitative estimate of drug-likeness (QED) is 0.699. The molecule has 0 saturated carbocycles. The standard InChI is InChI=1S/C18H16Cl2N4O/c1-25-14-4-2-13(3-5-14)24(18-6-7-22-11-23-18)17-9-12(19)8-16(20)15(17)10-21/h2-9,11H,10,21H2,1H3. The number of benzene rings is 2. The summed E-state index contributed by atoms with van der Waals surface area (Å²) >= 11 is 12.6. The van der Waals surface area contributed by atoms with Crippen molar-refractivity contribution in [3.8, 4) is 5.75 Å². The van der Waals surface area contributed by atoms with Crippen molar-refractivity contribution in [3.05, 3.63) is 70.6 Å². The molecule has 0 aliphatic carbocycles. The van der Waals surface area contributed by atoms with Crippen LogP contribution < -0.4 is 15.4 Å². The molecular formula is C18H16Cl2N4O. The van der Waals surface area contributed by atoms with Crippen LogP contribution in [0.5, 0.6) is 5.75 Å². The van der Waals surface area contributed by atoms with Crippen LogP contribution >= 0.6 is 23.2 Å². The monoisotopic (exact) mass is 374 g/mol. The zero-order valence-corrected chi connectivity index (χ0v) is 15.0. The maximum absolute atomic E-state index is 6.36. The van der Waals surface area contributed by atoms with Crippen LogP contribution in [-0.4, -0.2) is 17.1 Å². The van der Waals surface area contributed by atoms with Gasteiger partial charge in [-0.05, 0) is 42.5 Å². The Bertz CT molecular complexity index is 857. The summed E-state index contributed by atoms with van der Waals surface area (Å²) in [6.45, 7) is 0.267. The van der Waals surface area contributed by atoms with Gasteiger partial charge in [-0.1, -0.05) is 23.2 Å². The SMILES string of the molecule is COc1ccc(N(c2ccncn2)c2cc(Cl)cc(Cl)c2CN)cc1. The lowest BCUT2D eigenvalue weighted by molar-refractivity contribution is 0.415. The van der Waals surface area contributed by atoms with Gasteiger partial charge in [0.2, 0.25) is 0 Å². The molecule has 0 spiro atoms. The van der Waals surface area contributed by atoms with E-state index in [0.29, 0.717) is 15.9 Å². The topological polar surface area (TPSA) is 64.3 Å². The Balaban J connectivity index is 2.22. The molecule has 1 heterocycles. The van der Waals surface area contributed by atoms with E-state index in [2.05, 4.69) is 9.97 Å². The van der Waals surface area contributed by atoms with Crippen LogP contribution in [0.15, 0.2) is 55.0 Å². The Kier molecular flexibility index (Phi) is 5.38. The van der Waals surface area contributed by atoms with E-state index in [1.54, 1.807) is 25.4 Å². The number of methoxy groups -OCH3 is 1. The highest BCUT2D eigenvalue weighted by atomic mass is 35.5. The molecule has 0 aliphatic rings. The molecular weight excluding hydrogens is 359 g/mol. The summed E-state index contributed by atoms with van der Waals surface area (Å²) in [5, 5.41) is 1.03. The molecule has 0 atom stereocenters. The van der Waals surface area contributed by atoms with E-state index in [0.717, 1.165) is 22.7 Å². The van der Waals surface area contributed by atoms with Crippen LogP contribution in [-0.2, 0) is 6.54 Å². The molecule has 0 aliphatic heterocycles. The number of aromatic nitrogens is 2. The first kappa shape index (κ1) is 17.5. The van der Waals surface area contributed by atoms with Gasteiger partial charge in [0.05, 0.1) is 12.8 Å². The van der Waals surface area contributed by atoms with Crippen LogP contribution in [0.25, 0.3) is 0 Å². The van der Waals surface area contributed by atoms with Crippen molar-refractivity contribution >= 4 is 40.4 Å². The van der Waals surface area contributed by atoms with Crippen molar-refractivity contribution in [1.82, 2.24) is 9.97 Å². The van der Waals surface area contributed by atoms with Crippen molar-refractivity contribution in [2.75, 3.05) is 12.0 Å². The van der Waals surface area contributed by atoms with E-state index in [-0.39, 0.29) is 6.54 Å². The third-order valence-corrected chi connectivity index (χ3v) is 4.26. The van der Waals surface area contributed by atoms with E-state index in [1.165, 1.54) is 6.33 Å². The number of nitrogens with zero attached hydrogens (tertiary/aromatic N) is 3. The number of rotatable bonds is 5. The highest BCUT2D eigenvalue weighted by Crippen LogP contribution is 2.39. The summed E-state index contributed by atoms with van der Waals surface area (Å²) in [4.78, 5) is 10.3. The lowest BCUT2D eigenvalue weighted by Gasteiger charge is -2.27. The smallest absolute Gasteiger partial charge is 0.140 e. The molecule has 0 radical (unpaired) electrons. The fraction of sp³-hybridized carbons (Fsp3) is 0.111. The third-order valence-electron chi connectivity index (χ3n) is 3.71. The first-order valence-electron chi connectivity index (χ1n) is 7.52. The van der Waals surface area contributed by atoms with Crippen molar-refractivity contribution in [2.45, 2.75) is 6.54 Å². The first-order valence-corrected chi connectivity index (χ1v) is 8.28. The average molecular weight is 375 g/mol. The summed E-state index contributed by atoms with van der Waals surface area (Å²) in [6, 6.07) is 12.9. The second-order valence-corrected chi connectivity index (χ2v) is 6.03. The first-order chi connectivity index (χ1) is 12.1. The van der Waals surface area contributed by atoms with Crippen LogP contribution in [0.3, 0.4) is 0 Å². The van der Waals surface area contributed by atoms with E-state index < -0.39 is 0 Å². The fourth-order valence-corrected chi connectivity index (χ4v) is 3.09. The molecule has 0 unspecified atom stereocenters. The Labute approximate surface area is 156 Å². The highest BCUT2D eigenvalue weighted by Gasteiger charge is 2.19. The van der Waals surface area contributed by atoms with Crippen molar-refractivity contribution in [2.24, 2.45) is 5.73 Å².